The summed E-state index contributed by atoms with van der Waals surface area (Å²) in [5.41, 5.74) is 1.39. The average molecular weight is 348 g/mol. The van der Waals surface area contributed by atoms with E-state index in [1.165, 1.54) is 11.0 Å². The number of benzene rings is 1. The first-order valence-corrected chi connectivity index (χ1v) is 8.47. The summed E-state index contributed by atoms with van der Waals surface area (Å²) in [6.07, 6.45) is 1.35. The summed E-state index contributed by atoms with van der Waals surface area (Å²) in [4.78, 5) is 38.5. The minimum absolute atomic E-state index is 0.00904. The summed E-state index contributed by atoms with van der Waals surface area (Å²) in [6, 6.07) is 4.83. The van der Waals surface area contributed by atoms with Crippen molar-refractivity contribution < 1.29 is 23.5 Å². The third-order valence-corrected chi connectivity index (χ3v) is 4.83. The Bertz CT molecular complexity index is 682. The molecule has 2 aliphatic heterocycles. The van der Waals surface area contributed by atoms with Crippen LogP contribution in [0.2, 0.25) is 0 Å². The smallest absolute Gasteiger partial charge is 0.417 e. The summed E-state index contributed by atoms with van der Waals surface area (Å²) >= 11 is 0. The summed E-state index contributed by atoms with van der Waals surface area (Å²) < 4.78 is 18.3. The number of piperidine rings is 1. The first-order chi connectivity index (χ1) is 12.0. The number of imide groups is 1. The molecule has 2 fully saturated rings. The van der Waals surface area contributed by atoms with Crippen molar-refractivity contribution in [1.82, 2.24) is 9.80 Å². The zero-order valence-electron chi connectivity index (χ0n) is 14.2. The number of ether oxygens (including phenoxy) is 1. The van der Waals surface area contributed by atoms with Crippen LogP contribution in [0.1, 0.15) is 30.4 Å². The van der Waals surface area contributed by atoms with Gasteiger partial charge in [-0.1, -0.05) is 12.1 Å². The molecule has 0 bridgehead atoms. The topological polar surface area (TPSA) is 66.9 Å². The largest absolute Gasteiger partial charge is 0.439 e. The predicted octanol–water partition coefficient (Wildman–Crippen LogP) is 2.04. The van der Waals surface area contributed by atoms with Gasteiger partial charge in [-0.05, 0) is 43.4 Å². The number of carbonyl (C=O) groups is 3. The average Bonchev–Trinajstić information content (AvgIpc) is 2.94. The van der Waals surface area contributed by atoms with Crippen LogP contribution in [0.3, 0.4) is 0 Å². The van der Waals surface area contributed by atoms with Gasteiger partial charge in [-0.2, -0.15) is 0 Å². The Kier molecular flexibility index (Phi) is 5.01. The fourth-order valence-corrected chi connectivity index (χ4v) is 3.29. The van der Waals surface area contributed by atoms with Gasteiger partial charge in [0.1, 0.15) is 5.82 Å². The van der Waals surface area contributed by atoms with Crippen molar-refractivity contribution in [3.63, 3.8) is 0 Å². The van der Waals surface area contributed by atoms with Crippen molar-refractivity contribution in [3.8, 4) is 0 Å². The first kappa shape index (κ1) is 17.4. The van der Waals surface area contributed by atoms with E-state index in [1.807, 2.05) is 6.07 Å². The Balaban J connectivity index is 1.49. The molecule has 25 heavy (non-hydrogen) atoms. The quantitative estimate of drug-likeness (QED) is 0.835. The predicted molar refractivity (Wildman–Crippen MR) is 87.3 cm³/mol. The van der Waals surface area contributed by atoms with Crippen LogP contribution in [-0.4, -0.2) is 53.4 Å². The molecule has 134 valence electrons. The van der Waals surface area contributed by atoms with Gasteiger partial charge in [-0.3, -0.25) is 9.59 Å². The summed E-state index contributed by atoms with van der Waals surface area (Å²) in [7, 11) is 0. The molecule has 2 heterocycles. The maximum atomic E-state index is 13.5. The van der Waals surface area contributed by atoms with E-state index in [1.54, 1.807) is 17.9 Å². The Labute approximate surface area is 145 Å². The molecule has 0 atom stereocenters. The molecule has 3 amide bonds. The molecular weight excluding hydrogens is 327 g/mol. The molecule has 6 nitrogen and oxygen atoms in total. The van der Waals surface area contributed by atoms with Crippen molar-refractivity contribution in [2.24, 2.45) is 0 Å². The molecule has 2 saturated heterocycles. The zero-order valence-corrected chi connectivity index (χ0v) is 14.2. The van der Waals surface area contributed by atoms with E-state index in [0.717, 1.165) is 5.56 Å². The van der Waals surface area contributed by atoms with Crippen LogP contribution in [-0.2, 0) is 20.7 Å². The highest BCUT2D eigenvalue weighted by Gasteiger charge is 2.38. The van der Waals surface area contributed by atoms with Gasteiger partial charge < -0.3 is 9.64 Å². The lowest BCUT2D eigenvalue weighted by atomic mass is 10.0. The number of rotatable bonds is 4. The van der Waals surface area contributed by atoms with Crippen molar-refractivity contribution >= 4 is 17.9 Å². The number of amides is 3. The molecule has 2 aliphatic rings. The Morgan fingerprint density at radius 3 is 2.60 bits per heavy atom. The van der Waals surface area contributed by atoms with Crippen LogP contribution in [0.4, 0.5) is 9.18 Å². The standard InChI is InChI=1S/C18H21FN2O4/c1-12-2-3-13(10-15(12)19)4-5-16(22)20-8-6-14(7-9-20)21-17(23)11-25-18(21)24/h2-3,10,14H,4-9,11H2,1H3. The normalized spacial score (nSPS) is 18.6. The van der Waals surface area contributed by atoms with E-state index in [-0.39, 0.29) is 30.3 Å². The van der Waals surface area contributed by atoms with Gasteiger partial charge in [0.15, 0.2) is 6.61 Å². The second kappa shape index (κ2) is 7.21. The lowest BCUT2D eigenvalue weighted by Crippen LogP contribution is -2.48. The number of hydrogen-bond donors (Lipinski definition) is 0. The maximum absolute atomic E-state index is 13.5. The van der Waals surface area contributed by atoms with Crippen molar-refractivity contribution in [2.45, 2.75) is 38.6 Å². The molecule has 0 unspecified atom stereocenters. The lowest BCUT2D eigenvalue weighted by Gasteiger charge is -2.34. The zero-order chi connectivity index (χ0) is 18.0. The highest BCUT2D eigenvalue weighted by atomic mass is 19.1. The van der Waals surface area contributed by atoms with Crippen molar-refractivity contribution in [1.29, 1.82) is 0 Å². The minimum atomic E-state index is -0.587. The van der Waals surface area contributed by atoms with Crippen LogP contribution >= 0.6 is 0 Å². The molecule has 0 aliphatic carbocycles. The molecule has 0 saturated carbocycles. The summed E-state index contributed by atoms with van der Waals surface area (Å²) in [6.45, 7) is 2.52. The van der Waals surface area contributed by atoms with Crippen LogP contribution in [0.5, 0.6) is 0 Å². The maximum Gasteiger partial charge on any atom is 0.417 e. The highest BCUT2D eigenvalue weighted by molar-refractivity contribution is 5.98. The van der Waals surface area contributed by atoms with Crippen LogP contribution in [0, 0.1) is 12.7 Å². The molecule has 3 rings (SSSR count). The van der Waals surface area contributed by atoms with Gasteiger partial charge in [0.25, 0.3) is 5.91 Å². The second-order valence-corrected chi connectivity index (χ2v) is 6.51. The molecule has 0 radical (unpaired) electrons. The molecule has 0 N–H and O–H groups in total. The highest BCUT2D eigenvalue weighted by Crippen LogP contribution is 2.21. The minimum Gasteiger partial charge on any atom is -0.439 e. The number of likely N-dealkylation sites (tertiary alicyclic amines) is 1. The van der Waals surface area contributed by atoms with E-state index in [2.05, 4.69) is 0 Å². The molecule has 7 heteroatoms. The van der Waals surface area contributed by atoms with E-state index in [4.69, 9.17) is 4.74 Å². The van der Waals surface area contributed by atoms with Crippen LogP contribution < -0.4 is 0 Å². The molecule has 0 spiro atoms. The van der Waals surface area contributed by atoms with Gasteiger partial charge in [-0.15, -0.1) is 0 Å². The monoisotopic (exact) mass is 348 g/mol. The van der Waals surface area contributed by atoms with Gasteiger partial charge in [0.05, 0.1) is 0 Å². The molecule has 1 aromatic rings. The number of aryl methyl sites for hydroxylation is 2. The van der Waals surface area contributed by atoms with Crippen LogP contribution in [0.25, 0.3) is 0 Å². The summed E-state index contributed by atoms with van der Waals surface area (Å²) in [5.74, 6) is -0.557. The van der Waals surface area contributed by atoms with E-state index < -0.39 is 6.09 Å². The molecular formula is C18H21FN2O4. The number of carbonyl (C=O) groups excluding carboxylic acids is 3. The van der Waals surface area contributed by atoms with E-state index >= 15 is 0 Å². The van der Waals surface area contributed by atoms with Gasteiger partial charge in [-0.25, -0.2) is 14.1 Å². The number of nitrogens with zero attached hydrogens (tertiary/aromatic N) is 2. The summed E-state index contributed by atoms with van der Waals surface area (Å²) in [5, 5.41) is 0. The third-order valence-electron chi connectivity index (χ3n) is 4.83. The van der Waals surface area contributed by atoms with Gasteiger partial charge >= 0.3 is 6.09 Å². The third kappa shape index (κ3) is 3.81. The van der Waals surface area contributed by atoms with E-state index in [9.17, 15) is 18.8 Å². The Morgan fingerprint density at radius 2 is 2.00 bits per heavy atom. The Hall–Kier alpha value is -2.44. The van der Waals surface area contributed by atoms with Crippen LogP contribution in [0.15, 0.2) is 18.2 Å². The lowest BCUT2D eigenvalue weighted by molar-refractivity contribution is -0.133. The first-order valence-electron chi connectivity index (χ1n) is 8.47. The fourth-order valence-electron chi connectivity index (χ4n) is 3.29. The SMILES string of the molecule is Cc1ccc(CCC(=O)N2CCC(N3C(=O)COC3=O)CC2)cc1F. The fraction of sp³-hybridized carbons (Fsp3) is 0.500. The van der Waals surface area contributed by atoms with Crippen molar-refractivity contribution in [3.05, 3.63) is 35.1 Å². The second-order valence-electron chi connectivity index (χ2n) is 6.51. The molecule has 0 aromatic heterocycles. The van der Waals surface area contributed by atoms with E-state index in [0.29, 0.717) is 44.3 Å². The molecule has 1 aromatic carbocycles. The Morgan fingerprint density at radius 1 is 1.28 bits per heavy atom. The number of halogens is 1. The number of hydrogen-bond acceptors (Lipinski definition) is 4. The number of cyclic esters (lactones) is 1. The van der Waals surface area contributed by atoms with Gasteiger partial charge in [0, 0.05) is 25.6 Å². The van der Waals surface area contributed by atoms with Crippen molar-refractivity contribution in [2.75, 3.05) is 19.7 Å². The van der Waals surface area contributed by atoms with Gasteiger partial charge in [0.2, 0.25) is 5.91 Å².